The summed E-state index contributed by atoms with van der Waals surface area (Å²) in [6.07, 6.45) is 1.74. The van der Waals surface area contributed by atoms with Crippen molar-refractivity contribution in [2.45, 2.75) is 6.92 Å². The van der Waals surface area contributed by atoms with Crippen LogP contribution in [0.4, 0.5) is 0 Å². The highest BCUT2D eigenvalue weighted by Crippen LogP contribution is 2.30. The highest BCUT2D eigenvalue weighted by molar-refractivity contribution is 9.10. The van der Waals surface area contributed by atoms with E-state index in [0.717, 1.165) is 20.9 Å². The number of hydrogen-bond donors (Lipinski definition) is 1. The van der Waals surface area contributed by atoms with Crippen molar-refractivity contribution in [2.75, 3.05) is 7.11 Å². The molecule has 0 unspecified atom stereocenters. The number of rotatable bonds is 3. The smallest absolute Gasteiger partial charge is 0.195 e. The molecule has 3 rings (SSSR count). The molecular weight excluding hydrogens is 330 g/mol. The number of aromatic amines is 1. The molecule has 0 aliphatic carbocycles. The highest BCUT2D eigenvalue weighted by Gasteiger charge is 2.17. The van der Waals surface area contributed by atoms with E-state index < -0.39 is 0 Å². The molecule has 1 heterocycles. The Labute approximate surface area is 131 Å². The maximum Gasteiger partial charge on any atom is 0.195 e. The van der Waals surface area contributed by atoms with Crippen LogP contribution in [0.2, 0.25) is 0 Å². The Morgan fingerprint density at radius 2 is 2.05 bits per heavy atom. The van der Waals surface area contributed by atoms with Crippen molar-refractivity contribution in [1.82, 2.24) is 4.98 Å². The number of carbonyl (C=O) groups excluding carboxylic acids is 1. The second-order valence-corrected chi connectivity index (χ2v) is 5.85. The van der Waals surface area contributed by atoms with E-state index in [2.05, 4.69) is 20.9 Å². The molecule has 3 aromatic rings. The van der Waals surface area contributed by atoms with E-state index in [1.54, 1.807) is 13.3 Å². The topological polar surface area (TPSA) is 42.1 Å². The van der Waals surface area contributed by atoms with Crippen LogP contribution in [0, 0.1) is 6.92 Å². The van der Waals surface area contributed by atoms with E-state index in [1.165, 1.54) is 0 Å². The summed E-state index contributed by atoms with van der Waals surface area (Å²) in [7, 11) is 1.61. The number of ether oxygens (including phenoxy) is 1. The first-order valence-corrected chi connectivity index (χ1v) is 7.35. The molecule has 21 heavy (non-hydrogen) atoms. The molecule has 0 spiro atoms. The number of methoxy groups -OCH3 is 1. The maximum atomic E-state index is 12.8. The van der Waals surface area contributed by atoms with Crippen LogP contribution >= 0.6 is 15.9 Å². The molecule has 0 aliphatic rings. The van der Waals surface area contributed by atoms with E-state index in [9.17, 15) is 4.79 Å². The van der Waals surface area contributed by atoms with Gasteiger partial charge in [0.2, 0.25) is 0 Å². The Kier molecular flexibility index (Phi) is 3.55. The van der Waals surface area contributed by atoms with E-state index in [4.69, 9.17) is 4.74 Å². The Hall–Kier alpha value is -2.07. The minimum Gasteiger partial charge on any atom is -0.496 e. The van der Waals surface area contributed by atoms with Crippen LogP contribution in [0.5, 0.6) is 5.75 Å². The zero-order valence-electron chi connectivity index (χ0n) is 11.7. The van der Waals surface area contributed by atoms with E-state index in [0.29, 0.717) is 16.9 Å². The standard InChI is InChI=1S/C17H14BrNO2/c1-10-6-11(8-12(18)7-10)17(20)13-9-19-14-4-3-5-15(21-2)16(13)14/h3-9,19H,1-2H3. The van der Waals surface area contributed by atoms with Gasteiger partial charge >= 0.3 is 0 Å². The summed E-state index contributed by atoms with van der Waals surface area (Å²) in [6, 6.07) is 11.4. The molecule has 2 aromatic carbocycles. The fourth-order valence-corrected chi connectivity index (χ4v) is 3.13. The molecule has 106 valence electrons. The SMILES string of the molecule is COc1cccc2[nH]cc(C(=O)c3cc(C)cc(Br)c3)c12. The summed E-state index contributed by atoms with van der Waals surface area (Å²) in [5.41, 5.74) is 3.22. The monoisotopic (exact) mass is 343 g/mol. The van der Waals surface area contributed by atoms with Crippen LogP contribution in [0.1, 0.15) is 21.5 Å². The van der Waals surface area contributed by atoms with E-state index >= 15 is 0 Å². The van der Waals surface area contributed by atoms with Gasteiger partial charge in [0.05, 0.1) is 18.1 Å². The molecule has 1 N–H and O–H groups in total. The molecular formula is C17H14BrNO2. The van der Waals surface area contributed by atoms with Crippen molar-refractivity contribution in [1.29, 1.82) is 0 Å². The Bertz CT molecular complexity index is 816. The lowest BCUT2D eigenvalue weighted by Gasteiger charge is -2.06. The van der Waals surface area contributed by atoms with Gasteiger partial charge in [-0.25, -0.2) is 0 Å². The fraction of sp³-hybridized carbons (Fsp3) is 0.118. The van der Waals surface area contributed by atoms with Gasteiger partial charge in [0, 0.05) is 21.7 Å². The number of nitrogens with one attached hydrogen (secondary N) is 1. The van der Waals surface area contributed by atoms with Crippen molar-refractivity contribution >= 4 is 32.6 Å². The number of carbonyl (C=O) groups is 1. The van der Waals surface area contributed by atoms with Crippen molar-refractivity contribution < 1.29 is 9.53 Å². The number of hydrogen-bond acceptors (Lipinski definition) is 2. The maximum absolute atomic E-state index is 12.8. The average Bonchev–Trinajstić information content (AvgIpc) is 2.89. The third kappa shape index (κ3) is 2.47. The molecule has 0 bridgehead atoms. The zero-order valence-corrected chi connectivity index (χ0v) is 13.3. The first kappa shape index (κ1) is 13.9. The number of benzene rings is 2. The predicted molar refractivity (Wildman–Crippen MR) is 87.2 cm³/mol. The van der Waals surface area contributed by atoms with Crippen LogP contribution < -0.4 is 4.74 Å². The third-order valence-corrected chi connectivity index (χ3v) is 3.89. The van der Waals surface area contributed by atoms with Crippen LogP contribution in [-0.2, 0) is 0 Å². The van der Waals surface area contributed by atoms with Gasteiger partial charge in [0.15, 0.2) is 5.78 Å². The summed E-state index contributed by atoms with van der Waals surface area (Å²) in [5.74, 6) is 0.680. The molecule has 0 saturated heterocycles. The lowest BCUT2D eigenvalue weighted by atomic mass is 10.0. The molecule has 0 saturated carbocycles. The van der Waals surface area contributed by atoms with Crippen molar-refractivity contribution in [2.24, 2.45) is 0 Å². The molecule has 3 nitrogen and oxygen atoms in total. The first-order valence-electron chi connectivity index (χ1n) is 6.56. The van der Waals surface area contributed by atoms with Crippen molar-refractivity contribution in [3.05, 3.63) is 63.8 Å². The van der Waals surface area contributed by atoms with Gasteiger partial charge < -0.3 is 9.72 Å². The molecule has 0 aliphatic heterocycles. The van der Waals surface area contributed by atoms with Crippen LogP contribution in [0.25, 0.3) is 10.9 Å². The van der Waals surface area contributed by atoms with Gasteiger partial charge in [0.1, 0.15) is 5.75 Å². The Balaban J connectivity index is 2.18. The van der Waals surface area contributed by atoms with Gasteiger partial charge in [-0.15, -0.1) is 0 Å². The normalized spacial score (nSPS) is 10.8. The lowest BCUT2D eigenvalue weighted by Crippen LogP contribution is -2.01. The highest BCUT2D eigenvalue weighted by atomic mass is 79.9. The quantitative estimate of drug-likeness (QED) is 0.712. The van der Waals surface area contributed by atoms with Crippen LogP contribution in [-0.4, -0.2) is 17.9 Å². The Morgan fingerprint density at radius 1 is 1.24 bits per heavy atom. The zero-order chi connectivity index (χ0) is 15.0. The Morgan fingerprint density at radius 3 is 2.76 bits per heavy atom. The number of ketones is 1. The second kappa shape index (κ2) is 5.37. The molecule has 0 fully saturated rings. The van der Waals surface area contributed by atoms with E-state index in [-0.39, 0.29) is 5.78 Å². The minimum absolute atomic E-state index is 0.0184. The van der Waals surface area contributed by atoms with E-state index in [1.807, 2.05) is 43.3 Å². The van der Waals surface area contributed by atoms with Crippen LogP contribution in [0.3, 0.4) is 0 Å². The van der Waals surface area contributed by atoms with Crippen molar-refractivity contribution in [3.8, 4) is 5.75 Å². The molecule has 1 aromatic heterocycles. The number of fused-ring (bicyclic) bond motifs is 1. The van der Waals surface area contributed by atoms with Gasteiger partial charge in [0.25, 0.3) is 0 Å². The summed E-state index contributed by atoms with van der Waals surface area (Å²) in [5, 5.41) is 0.822. The molecule has 0 amide bonds. The third-order valence-electron chi connectivity index (χ3n) is 3.44. The van der Waals surface area contributed by atoms with Crippen LogP contribution in [0.15, 0.2) is 47.1 Å². The number of aryl methyl sites for hydroxylation is 1. The molecule has 4 heteroatoms. The fourth-order valence-electron chi connectivity index (χ4n) is 2.52. The molecule has 0 atom stereocenters. The molecule has 0 radical (unpaired) electrons. The van der Waals surface area contributed by atoms with Gasteiger partial charge in [-0.05, 0) is 42.8 Å². The number of aromatic nitrogens is 1. The lowest BCUT2D eigenvalue weighted by molar-refractivity contribution is 0.104. The van der Waals surface area contributed by atoms with Gasteiger partial charge in [-0.3, -0.25) is 4.79 Å². The summed E-state index contributed by atoms with van der Waals surface area (Å²) in [4.78, 5) is 15.9. The summed E-state index contributed by atoms with van der Waals surface area (Å²) < 4.78 is 6.28. The largest absolute Gasteiger partial charge is 0.496 e. The second-order valence-electron chi connectivity index (χ2n) is 4.93. The first-order chi connectivity index (χ1) is 10.1. The van der Waals surface area contributed by atoms with Crippen molar-refractivity contribution in [3.63, 3.8) is 0 Å². The summed E-state index contributed by atoms with van der Waals surface area (Å²) >= 11 is 3.44. The average molecular weight is 344 g/mol. The predicted octanol–water partition coefficient (Wildman–Crippen LogP) is 4.48. The number of halogens is 1. The minimum atomic E-state index is -0.0184. The number of H-pyrrole nitrogens is 1. The van der Waals surface area contributed by atoms with Gasteiger partial charge in [-0.1, -0.05) is 22.0 Å². The summed E-state index contributed by atoms with van der Waals surface area (Å²) in [6.45, 7) is 1.97. The van der Waals surface area contributed by atoms with Gasteiger partial charge in [-0.2, -0.15) is 0 Å².